The molecule has 280 valence electrons. The number of aliphatic carboxylic acids is 1. The van der Waals surface area contributed by atoms with Gasteiger partial charge in [-0.25, -0.2) is 4.79 Å². The molecule has 0 fully saturated rings. The number of carbonyl (C=O) groups is 4. The van der Waals surface area contributed by atoms with Gasteiger partial charge >= 0.3 is 18.1 Å². The molecule has 2 N–H and O–H groups in total. The van der Waals surface area contributed by atoms with E-state index in [2.05, 4.69) is 12.2 Å². The first kappa shape index (κ1) is 40.1. The lowest BCUT2D eigenvalue weighted by molar-refractivity contribution is -0.139. The van der Waals surface area contributed by atoms with Gasteiger partial charge in [-0.2, -0.15) is 13.2 Å². The van der Waals surface area contributed by atoms with Crippen molar-refractivity contribution in [2.45, 2.75) is 71.0 Å². The van der Waals surface area contributed by atoms with E-state index in [4.69, 9.17) is 9.47 Å². The summed E-state index contributed by atoms with van der Waals surface area (Å²) in [4.78, 5) is 51.5. The van der Waals surface area contributed by atoms with Gasteiger partial charge in [-0.15, -0.1) is 0 Å². The van der Waals surface area contributed by atoms with E-state index in [-0.39, 0.29) is 34.9 Å². The lowest BCUT2D eigenvalue weighted by Gasteiger charge is -2.21. The number of rotatable bonds is 18. The molecule has 4 rings (SSSR count). The number of methoxy groups -OCH3 is 1. The van der Waals surface area contributed by atoms with Crippen molar-refractivity contribution in [2.24, 2.45) is 0 Å². The van der Waals surface area contributed by atoms with Crippen molar-refractivity contribution in [1.29, 1.82) is 0 Å². The Labute approximate surface area is 306 Å². The van der Waals surface area contributed by atoms with E-state index in [0.717, 1.165) is 29.4 Å². The topological polar surface area (TPSA) is 122 Å². The van der Waals surface area contributed by atoms with Crippen LogP contribution in [0.4, 0.5) is 18.9 Å². The van der Waals surface area contributed by atoms with Crippen molar-refractivity contribution >= 4 is 29.4 Å². The molecular weight excluding hydrogens is 689 g/mol. The highest BCUT2D eigenvalue weighted by Crippen LogP contribution is 2.35. The monoisotopic (exact) mass is 732 g/mol. The van der Waals surface area contributed by atoms with Crippen molar-refractivity contribution in [3.8, 4) is 11.5 Å². The second-order valence-corrected chi connectivity index (χ2v) is 12.6. The van der Waals surface area contributed by atoms with E-state index in [1.54, 1.807) is 36.4 Å². The van der Waals surface area contributed by atoms with Crippen LogP contribution in [0.2, 0.25) is 0 Å². The number of hydrogen-bond donors (Lipinski definition) is 2. The highest BCUT2D eigenvalue weighted by Gasteiger charge is 2.34. The molecule has 0 aliphatic rings. The lowest BCUT2D eigenvalue weighted by atomic mass is 10.0. The number of nitrogens with one attached hydrogen (secondary N) is 1. The van der Waals surface area contributed by atoms with Crippen LogP contribution in [0.15, 0.2) is 91.0 Å². The summed E-state index contributed by atoms with van der Waals surface area (Å²) in [6.45, 7) is 1.52. The molecule has 0 aromatic heterocycles. The maximum absolute atomic E-state index is 13.6. The number of ether oxygens (including phenoxy) is 2. The van der Waals surface area contributed by atoms with Crippen LogP contribution in [-0.2, 0) is 35.2 Å². The Morgan fingerprint density at radius 2 is 1.36 bits per heavy atom. The van der Waals surface area contributed by atoms with Crippen molar-refractivity contribution < 1.29 is 46.9 Å². The van der Waals surface area contributed by atoms with Crippen LogP contribution in [0.3, 0.4) is 0 Å². The van der Waals surface area contributed by atoms with E-state index < -0.39 is 48.5 Å². The van der Waals surface area contributed by atoms with E-state index in [0.29, 0.717) is 11.1 Å². The molecule has 0 unspecified atom stereocenters. The lowest BCUT2D eigenvalue weighted by Crippen LogP contribution is -2.35. The third kappa shape index (κ3) is 12.5. The van der Waals surface area contributed by atoms with Crippen molar-refractivity contribution in [3.05, 3.63) is 124 Å². The fourth-order valence-corrected chi connectivity index (χ4v) is 5.69. The van der Waals surface area contributed by atoms with Gasteiger partial charge in [0, 0.05) is 17.8 Å². The molecule has 4 aromatic rings. The van der Waals surface area contributed by atoms with E-state index in [1.807, 2.05) is 12.1 Å². The number of halogens is 3. The van der Waals surface area contributed by atoms with Crippen molar-refractivity contribution in [1.82, 2.24) is 4.90 Å². The standard InChI is InChI=1S/C41H43F3N2O7/c1-3-4-5-6-7-8-9-28-10-14-31(15-11-28)40(51)53-34-21-12-29(13-22-34)26-46(27-38(48)49)39(50)30-16-19-33(20-17-30)45-37(47)24-32-18-23-35(52-2)25-36(32)41(42,43)44/h10-23,25H,3-9,24,26-27H2,1-2H3,(H,45,47)(H,48,49). The van der Waals surface area contributed by atoms with Crippen LogP contribution in [0.25, 0.3) is 0 Å². The fourth-order valence-electron chi connectivity index (χ4n) is 5.69. The quantitative estimate of drug-likeness (QED) is 0.0596. The largest absolute Gasteiger partial charge is 0.497 e. The van der Waals surface area contributed by atoms with E-state index >= 15 is 0 Å². The first-order chi connectivity index (χ1) is 25.4. The average molecular weight is 733 g/mol. The summed E-state index contributed by atoms with van der Waals surface area (Å²) in [6, 6.07) is 22.6. The third-order valence-electron chi connectivity index (χ3n) is 8.52. The van der Waals surface area contributed by atoms with Crippen LogP contribution < -0.4 is 14.8 Å². The average Bonchev–Trinajstić information content (AvgIpc) is 3.13. The summed E-state index contributed by atoms with van der Waals surface area (Å²) in [6.07, 6.45) is 2.98. The summed E-state index contributed by atoms with van der Waals surface area (Å²) < 4.78 is 51.1. The van der Waals surface area contributed by atoms with Crippen LogP contribution >= 0.6 is 0 Å². The second kappa shape index (κ2) is 19.3. The van der Waals surface area contributed by atoms with Crippen LogP contribution in [0, 0.1) is 0 Å². The number of carboxylic acids is 1. The SMILES string of the molecule is CCCCCCCCc1ccc(C(=O)Oc2ccc(CN(CC(=O)O)C(=O)c3ccc(NC(=O)Cc4ccc(OC)cc4C(F)(F)F)cc3)cc2)cc1. The minimum absolute atomic E-state index is 0.00643. The molecule has 4 aromatic carbocycles. The summed E-state index contributed by atoms with van der Waals surface area (Å²) >= 11 is 0. The number of carbonyl (C=O) groups excluding carboxylic acids is 3. The molecule has 0 atom stereocenters. The zero-order valence-electron chi connectivity index (χ0n) is 29.7. The summed E-state index contributed by atoms with van der Waals surface area (Å²) in [5, 5.41) is 12.0. The van der Waals surface area contributed by atoms with Gasteiger partial charge in [0.25, 0.3) is 5.91 Å². The second-order valence-electron chi connectivity index (χ2n) is 12.6. The van der Waals surface area contributed by atoms with E-state index in [9.17, 15) is 37.5 Å². The van der Waals surface area contributed by atoms with Gasteiger partial charge in [0.2, 0.25) is 5.91 Å². The summed E-state index contributed by atoms with van der Waals surface area (Å²) in [5.41, 5.74) is 1.30. The summed E-state index contributed by atoms with van der Waals surface area (Å²) in [5.74, 6) is -2.77. The highest BCUT2D eigenvalue weighted by molar-refractivity contribution is 5.97. The van der Waals surface area contributed by atoms with Gasteiger partial charge in [0.1, 0.15) is 18.0 Å². The molecule has 0 saturated heterocycles. The maximum atomic E-state index is 13.6. The number of esters is 1. The Morgan fingerprint density at radius 3 is 1.98 bits per heavy atom. The number of carboxylic acid groups (broad SMARTS) is 1. The van der Waals surface area contributed by atoms with Gasteiger partial charge in [0.15, 0.2) is 0 Å². The van der Waals surface area contributed by atoms with Crippen LogP contribution in [0.1, 0.15) is 88.4 Å². The number of amides is 2. The fraction of sp³-hybridized carbons (Fsp3) is 0.317. The van der Waals surface area contributed by atoms with Crippen molar-refractivity contribution in [3.63, 3.8) is 0 Å². The molecule has 0 bridgehead atoms. The van der Waals surface area contributed by atoms with Gasteiger partial charge in [0.05, 0.1) is 24.7 Å². The number of alkyl halides is 3. The first-order valence-corrected chi connectivity index (χ1v) is 17.4. The zero-order valence-corrected chi connectivity index (χ0v) is 29.7. The predicted octanol–water partition coefficient (Wildman–Crippen LogP) is 8.74. The number of aryl methyl sites for hydroxylation is 1. The Hall–Kier alpha value is -5.65. The molecule has 0 spiro atoms. The first-order valence-electron chi connectivity index (χ1n) is 17.4. The normalized spacial score (nSPS) is 11.1. The minimum Gasteiger partial charge on any atom is -0.497 e. The van der Waals surface area contributed by atoms with Crippen LogP contribution in [-0.4, -0.2) is 47.4 Å². The predicted molar refractivity (Wildman–Crippen MR) is 194 cm³/mol. The summed E-state index contributed by atoms with van der Waals surface area (Å²) in [7, 11) is 1.24. The number of benzene rings is 4. The number of hydrogen-bond acceptors (Lipinski definition) is 6. The molecule has 0 radical (unpaired) electrons. The Balaban J connectivity index is 1.32. The van der Waals surface area contributed by atoms with Gasteiger partial charge < -0.3 is 24.8 Å². The minimum atomic E-state index is -4.69. The van der Waals surface area contributed by atoms with Crippen LogP contribution in [0.5, 0.6) is 11.5 Å². The van der Waals surface area contributed by atoms with Gasteiger partial charge in [-0.1, -0.05) is 69.4 Å². The zero-order chi connectivity index (χ0) is 38.4. The van der Waals surface area contributed by atoms with Crippen molar-refractivity contribution in [2.75, 3.05) is 19.0 Å². The number of unbranched alkanes of at least 4 members (excludes halogenated alkanes) is 5. The molecule has 53 heavy (non-hydrogen) atoms. The maximum Gasteiger partial charge on any atom is 0.416 e. The molecule has 0 aliphatic heterocycles. The molecule has 9 nitrogen and oxygen atoms in total. The Bertz CT molecular complexity index is 1840. The van der Waals surface area contributed by atoms with Gasteiger partial charge in [-0.3, -0.25) is 14.4 Å². The molecule has 0 aliphatic carbocycles. The molecule has 12 heteroatoms. The third-order valence-corrected chi connectivity index (χ3v) is 8.52. The molecular formula is C41H43F3N2O7. The Kier molecular flexibility index (Phi) is 14.6. The molecule has 2 amide bonds. The van der Waals surface area contributed by atoms with E-state index in [1.165, 1.54) is 75.6 Å². The molecule has 0 saturated carbocycles. The highest BCUT2D eigenvalue weighted by atomic mass is 19.4. The smallest absolute Gasteiger partial charge is 0.416 e. The van der Waals surface area contributed by atoms with Gasteiger partial charge in [-0.05, 0) is 90.2 Å². The molecule has 0 heterocycles. The number of nitrogens with zero attached hydrogens (tertiary/aromatic N) is 1. The number of anilines is 1. The Morgan fingerprint density at radius 1 is 0.755 bits per heavy atom.